The SMILES string of the molecule is Nc1cccc(F)c1S(=O)(=O)N1CCSc2ccccc21. The molecule has 0 aliphatic carbocycles. The summed E-state index contributed by atoms with van der Waals surface area (Å²) in [6, 6.07) is 11.1. The van der Waals surface area contributed by atoms with Crippen molar-refractivity contribution in [2.45, 2.75) is 9.79 Å². The maximum Gasteiger partial charge on any atom is 0.269 e. The van der Waals surface area contributed by atoms with Crippen LogP contribution in [0.3, 0.4) is 0 Å². The number of fused-ring (bicyclic) bond motifs is 1. The Morgan fingerprint density at radius 2 is 1.90 bits per heavy atom. The van der Waals surface area contributed by atoms with E-state index in [1.165, 1.54) is 16.4 Å². The van der Waals surface area contributed by atoms with E-state index in [0.717, 1.165) is 11.0 Å². The molecule has 0 bridgehead atoms. The molecular weight excluding hydrogens is 311 g/mol. The molecule has 0 amide bonds. The van der Waals surface area contributed by atoms with Crippen molar-refractivity contribution in [3.63, 3.8) is 0 Å². The number of hydrogen-bond acceptors (Lipinski definition) is 4. The smallest absolute Gasteiger partial charge is 0.269 e. The fourth-order valence-electron chi connectivity index (χ4n) is 2.30. The molecule has 0 saturated carbocycles. The Bertz CT molecular complexity index is 773. The highest BCUT2D eigenvalue weighted by Crippen LogP contribution is 2.38. The summed E-state index contributed by atoms with van der Waals surface area (Å²) >= 11 is 1.58. The standard InChI is InChI=1S/C14H13FN2O2S2/c15-10-4-3-5-11(16)14(10)21(18,19)17-8-9-20-13-7-2-1-6-12(13)17/h1-7H,8-9,16H2. The number of anilines is 2. The molecule has 1 heterocycles. The minimum atomic E-state index is -4.02. The number of benzene rings is 2. The second-order valence-corrected chi connectivity index (χ2v) is 7.49. The molecule has 0 unspecified atom stereocenters. The zero-order valence-corrected chi connectivity index (χ0v) is 12.6. The van der Waals surface area contributed by atoms with Gasteiger partial charge in [-0.1, -0.05) is 18.2 Å². The van der Waals surface area contributed by atoms with Crippen LogP contribution in [0.15, 0.2) is 52.3 Å². The van der Waals surface area contributed by atoms with Crippen LogP contribution in [0.25, 0.3) is 0 Å². The molecule has 0 atom stereocenters. The summed E-state index contributed by atoms with van der Waals surface area (Å²) in [5.41, 5.74) is 6.17. The molecule has 1 aliphatic heterocycles. The maximum absolute atomic E-state index is 14.0. The molecule has 7 heteroatoms. The van der Waals surface area contributed by atoms with Crippen LogP contribution in [0.5, 0.6) is 0 Å². The summed E-state index contributed by atoms with van der Waals surface area (Å²) in [6.45, 7) is 0.289. The van der Waals surface area contributed by atoms with Gasteiger partial charge in [0.2, 0.25) is 0 Å². The van der Waals surface area contributed by atoms with Crippen LogP contribution in [0.4, 0.5) is 15.8 Å². The Morgan fingerprint density at radius 3 is 2.67 bits per heavy atom. The third-order valence-corrected chi connectivity index (χ3v) is 6.18. The van der Waals surface area contributed by atoms with Crippen LogP contribution in [0.1, 0.15) is 0 Å². The van der Waals surface area contributed by atoms with Gasteiger partial charge < -0.3 is 5.73 Å². The highest BCUT2D eigenvalue weighted by molar-refractivity contribution is 8.00. The second kappa shape index (κ2) is 5.23. The number of nitrogens with two attached hydrogens (primary N) is 1. The molecule has 0 aromatic heterocycles. The lowest BCUT2D eigenvalue weighted by Crippen LogP contribution is -2.36. The number of thioether (sulfide) groups is 1. The summed E-state index contributed by atoms with van der Waals surface area (Å²) in [6.07, 6.45) is 0. The van der Waals surface area contributed by atoms with E-state index in [1.807, 2.05) is 12.1 Å². The monoisotopic (exact) mass is 324 g/mol. The number of nitrogens with zero attached hydrogens (tertiary/aromatic N) is 1. The zero-order valence-electron chi connectivity index (χ0n) is 11.0. The molecule has 2 aromatic carbocycles. The maximum atomic E-state index is 14.0. The molecule has 3 rings (SSSR count). The lowest BCUT2D eigenvalue weighted by molar-refractivity contribution is 0.565. The van der Waals surface area contributed by atoms with Crippen molar-refractivity contribution < 1.29 is 12.8 Å². The van der Waals surface area contributed by atoms with Crippen LogP contribution >= 0.6 is 11.8 Å². The van der Waals surface area contributed by atoms with E-state index in [-0.39, 0.29) is 12.2 Å². The second-order valence-electron chi connectivity index (χ2n) is 4.55. The fourth-order valence-corrected chi connectivity index (χ4v) is 5.12. The van der Waals surface area contributed by atoms with Gasteiger partial charge in [-0.2, -0.15) is 0 Å². The lowest BCUT2D eigenvalue weighted by atomic mass is 10.3. The highest BCUT2D eigenvalue weighted by Gasteiger charge is 2.32. The van der Waals surface area contributed by atoms with Crippen LogP contribution in [-0.4, -0.2) is 20.7 Å². The number of para-hydroxylation sites is 1. The molecular formula is C14H13FN2O2S2. The molecule has 21 heavy (non-hydrogen) atoms. The average molecular weight is 324 g/mol. The van der Waals surface area contributed by atoms with E-state index >= 15 is 0 Å². The summed E-state index contributed by atoms with van der Waals surface area (Å²) in [7, 11) is -4.02. The van der Waals surface area contributed by atoms with Gasteiger partial charge in [0, 0.05) is 17.2 Å². The highest BCUT2D eigenvalue weighted by atomic mass is 32.2. The van der Waals surface area contributed by atoms with Crippen molar-refractivity contribution in [2.24, 2.45) is 0 Å². The Balaban J connectivity index is 2.17. The first-order valence-electron chi connectivity index (χ1n) is 6.30. The number of hydrogen-bond donors (Lipinski definition) is 1. The molecule has 0 fully saturated rings. The first-order valence-corrected chi connectivity index (χ1v) is 8.73. The van der Waals surface area contributed by atoms with Gasteiger partial charge >= 0.3 is 0 Å². The zero-order chi connectivity index (χ0) is 15.0. The fraction of sp³-hybridized carbons (Fsp3) is 0.143. The Morgan fingerprint density at radius 1 is 1.14 bits per heavy atom. The predicted octanol–water partition coefficient (Wildman–Crippen LogP) is 2.71. The van der Waals surface area contributed by atoms with Crippen molar-refractivity contribution >= 4 is 33.2 Å². The Labute approximate surface area is 126 Å². The van der Waals surface area contributed by atoms with E-state index in [9.17, 15) is 12.8 Å². The molecule has 0 spiro atoms. The van der Waals surface area contributed by atoms with Gasteiger partial charge in [-0.15, -0.1) is 11.8 Å². The lowest BCUT2D eigenvalue weighted by Gasteiger charge is -2.30. The quantitative estimate of drug-likeness (QED) is 0.863. The van der Waals surface area contributed by atoms with Crippen molar-refractivity contribution in [1.29, 1.82) is 0 Å². The summed E-state index contributed by atoms with van der Waals surface area (Å²) in [5, 5.41) is 0. The van der Waals surface area contributed by atoms with Gasteiger partial charge in [0.25, 0.3) is 10.0 Å². The van der Waals surface area contributed by atoms with E-state index in [2.05, 4.69) is 0 Å². The normalized spacial score (nSPS) is 14.8. The average Bonchev–Trinajstić information content (AvgIpc) is 2.46. The minimum absolute atomic E-state index is 0.0780. The third-order valence-electron chi connectivity index (χ3n) is 3.23. The van der Waals surface area contributed by atoms with Crippen molar-refractivity contribution in [2.75, 3.05) is 22.3 Å². The van der Waals surface area contributed by atoms with Gasteiger partial charge in [0.05, 0.1) is 11.4 Å². The van der Waals surface area contributed by atoms with Gasteiger partial charge in [0.15, 0.2) is 0 Å². The third kappa shape index (κ3) is 2.36. The molecule has 0 saturated heterocycles. The van der Waals surface area contributed by atoms with Crippen molar-refractivity contribution in [3.8, 4) is 0 Å². The topological polar surface area (TPSA) is 63.4 Å². The van der Waals surface area contributed by atoms with Crippen LogP contribution in [0, 0.1) is 5.82 Å². The van der Waals surface area contributed by atoms with Crippen molar-refractivity contribution in [3.05, 3.63) is 48.3 Å². The predicted molar refractivity (Wildman–Crippen MR) is 82.5 cm³/mol. The van der Waals surface area contributed by atoms with Crippen LogP contribution < -0.4 is 10.0 Å². The van der Waals surface area contributed by atoms with E-state index in [4.69, 9.17) is 5.73 Å². The molecule has 1 aliphatic rings. The van der Waals surface area contributed by atoms with Gasteiger partial charge in [0.1, 0.15) is 10.7 Å². The number of sulfonamides is 1. The van der Waals surface area contributed by atoms with Gasteiger partial charge in [-0.25, -0.2) is 12.8 Å². The van der Waals surface area contributed by atoms with E-state index in [0.29, 0.717) is 11.4 Å². The summed E-state index contributed by atoms with van der Waals surface area (Å²) < 4.78 is 40.8. The Kier molecular flexibility index (Phi) is 3.54. The number of nitrogen functional groups attached to an aromatic ring is 1. The van der Waals surface area contributed by atoms with E-state index < -0.39 is 20.7 Å². The molecule has 2 N–H and O–H groups in total. The Hall–Kier alpha value is -1.73. The molecule has 110 valence electrons. The molecule has 0 radical (unpaired) electrons. The summed E-state index contributed by atoms with van der Waals surface area (Å²) in [4.78, 5) is 0.411. The van der Waals surface area contributed by atoms with Crippen LogP contribution in [0.2, 0.25) is 0 Å². The number of rotatable bonds is 2. The first-order chi connectivity index (χ1) is 10.0. The minimum Gasteiger partial charge on any atom is -0.398 e. The van der Waals surface area contributed by atoms with Gasteiger partial charge in [-0.05, 0) is 24.3 Å². The largest absolute Gasteiger partial charge is 0.398 e. The number of halogens is 1. The van der Waals surface area contributed by atoms with Crippen LogP contribution in [-0.2, 0) is 10.0 Å². The molecule has 2 aromatic rings. The van der Waals surface area contributed by atoms with Gasteiger partial charge in [-0.3, -0.25) is 4.31 Å². The first kappa shape index (κ1) is 14.2. The summed E-state index contributed by atoms with van der Waals surface area (Å²) in [5.74, 6) is -0.212. The van der Waals surface area contributed by atoms with E-state index in [1.54, 1.807) is 23.9 Å². The van der Waals surface area contributed by atoms with Crippen molar-refractivity contribution in [1.82, 2.24) is 0 Å². The molecule has 4 nitrogen and oxygen atoms in total.